The molecule has 1 aromatic carbocycles. The van der Waals surface area contributed by atoms with Gasteiger partial charge >= 0.3 is 0 Å². The van der Waals surface area contributed by atoms with Crippen LogP contribution in [0.4, 0.5) is 4.39 Å². The SMILES string of the molecule is Cc1ccc(C(CN)Oc2cc(F)ccc2C)o1. The number of hydrogen-bond donors (Lipinski definition) is 1. The molecule has 0 saturated heterocycles. The predicted molar refractivity (Wildman–Crippen MR) is 67.0 cm³/mol. The van der Waals surface area contributed by atoms with E-state index in [9.17, 15) is 4.39 Å². The van der Waals surface area contributed by atoms with Crippen molar-refractivity contribution in [3.8, 4) is 5.75 Å². The highest BCUT2D eigenvalue weighted by molar-refractivity contribution is 5.33. The highest BCUT2D eigenvalue weighted by atomic mass is 19.1. The molecule has 1 unspecified atom stereocenters. The lowest BCUT2D eigenvalue weighted by molar-refractivity contribution is 0.180. The van der Waals surface area contributed by atoms with Crippen LogP contribution in [0.1, 0.15) is 23.2 Å². The first-order valence-electron chi connectivity index (χ1n) is 5.79. The third-order valence-electron chi connectivity index (χ3n) is 2.71. The van der Waals surface area contributed by atoms with Crippen molar-refractivity contribution in [2.75, 3.05) is 6.54 Å². The monoisotopic (exact) mass is 249 g/mol. The second-order valence-corrected chi connectivity index (χ2v) is 4.20. The molecule has 4 heteroatoms. The van der Waals surface area contributed by atoms with Crippen LogP contribution in [0.15, 0.2) is 34.7 Å². The molecule has 2 aromatic rings. The Kier molecular flexibility index (Phi) is 3.67. The summed E-state index contributed by atoms with van der Waals surface area (Å²) in [4.78, 5) is 0. The molecule has 1 heterocycles. The molecule has 0 fully saturated rings. The van der Waals surface area contributed by atoms with Crippen molar-refractivity contribution >= 4 is 0 Å². The zero-order valence-corrected chi connectivity index (χ0v) is 10.4. The molecule has 2 N–H and O–H groups in total. The van der Waals surface area contributed by atoms with Crippen molar-refractivity contribution in [2.24, 2.45) is 5.73 Å². The summed E-state index contributed by atoms with van der Waals surface area (Å²) in [5.74, 6) is 1.60. The van der Waals surface area contributed by atoms with E-state index in [1.54, 1.807) is 6.07 Å². The standard InChI is InChI=1S/C14H16FNO2/c1-9-3-5-11(15)7-13(9)18-14(8-16)12-6-4-10(2)17-12/h3-7,14H,8,16H2,1-2H3. The predicted octanol–water partition coefficient (Wildman–Crippen LogP) is 3.11. The molecule has 0 bridgehead atoms. The minimum Gasteiger partial charge on any atom is -0.481 e. The van der Waals surface area contributed by atoms with E-state index in [0.29, 0.717) is 11.5 Å². The second kappa shape index (κ2) is 5.23. The number of hydrogen-bond acceptors (Lipinski definition) is 3. The third-order valence-corrected chi connectivity index (χ3v) is 2.71. The molecule has 0 aliphatic carbocycles. The maximum absolute atomic E-state index is 13.2. The number of ether oxygens (including phenoxy) is 1. The maximum atomic E-state index is 13.2. The number of furan rings is 1. The van der Waals surface area contributed by atoms with Crippen molar-refractivity contribution in [1.29, 1.82) is 0 Å². The summed E-state index contributed by atoms with van der Waals surface area (Å²) in [6.45, 7) is 3.98. The zero-order chi connectivity index (χ0) is 13.1. The Morgan fingerprint density at radius 1 is 1.28 bits per heavy atom. The normalized spacial score (nSPS) is 12.4. The van der Waals surface area contributed by atoms with Crippen molar-refractivity contribution in [2.45, 2.75) is 20.0 Å². The van der Waals surface area contributed by atoms with E-state index in [1.165, 1.54) is 12.1 Å². The Balaban J connectivity index is 2.22. The summed E-state index contributed by atoms with van der Waals surface area (Å²) in [5.41, 5.74) is 6.53. The Morgan fingerprint density at radius 3 is 2.67 bits per heavy atom. The number of rotatable bonds is 4. The summed E-state index contributed by atoms with van der Waals surface area (Å²) in [6.07, 6.45) is -0.404. The molecule has 96 valence electrons. The van der Waals surface area contributed by atoms with Gasteiger partial charge in [-0.25, -0.2) is 4.39 Å². The van der Waals surface area contributed by atoms with Crippen LogP contribution in [0, 0.1) is 19.7 Å². The molecule has 0 radical (unpaired) electrons. The van der Waals surface area contributed by atoms with Gasteiger partial charge in [-0.1, -0.05) is 6.07 Å². The fourth-order valence-electron chi connectivity index (χ4n) is 1.70. The van der Waals surface area contributed by atoms with Gasteiger partial charge in [0, 0.05) is 12.6 Å². The van der Waals surface area contributed by atoms with Crippen LogP contribution >= 0.6 is 0 Å². The fraction of sp³-hybridized carbons (Fsp3) is 0.286. The minimum atomic E-state index is -0.404. The van der Waals surface area contributed by atoms with Gasteiger partial charge in [0.15, 0.2) is 6.10 Å². The van der Waals surface area contributed by atoms with Gasteiger partial charge in [0.05, 0.1) is 0 Å². The first kappa shape index (κ1) is 12.6. The molecule has 3 nitrogen and oxygen atoms in total. The summed E-state index contributed by atoms with van der Waals surface area (Å²) >= 11 is 0. The Hall–Kier alpha value is -1.81. The van der Waals surface area contributed by atoms with E-state index < -0.39 is 6.10 Å². The van der Waals surface area contributed by atoms with Gasteiger partial charge in [0.25, 0.3) is 0 Å². The van der Waals surface area contributed by atoms with Gasteiger partial charge < -0.3 is 14.9 Å². The maximum Gasteiger partial charge on any atom is 0.168 e. The first-order chi connectivity index (χ1) is 8.60. The van der Waals surface area contributed by atoms with Gasteiger partial charge in [-0.3, -0.25) is 0 Å². The van der Waals surface area contributed by atoms with E-state index >= 15 is 0 Å². The molecule has 0 spiro atoms. The minimum absolute atomic E-state index is 0.267. The van der Waals surface area contributed by atoms with Crippen LogP contribution in [0.3, 0.4) is 0 Å². The number of halogens is 1. The molecule has 0 aliphatic rings. The summed E-state index contributed by atoms with van der Waals surface area (Å²) in [7, 11) is 0. The third kappa shape index (κ3) is 2.71. The average Bonchev–Trinajstić information content (AvgIpc) is 2.77. The van der Waals surface area contributed by atoms with Crippen LogP contribution in [-0.4, -0.2) is 6.54 Å². The smallest absolute Gasteiger partial charge is 0.168 e. The van der Waals surface area contributed by atoms with Gasteiger partial charge in [0.2, 0.25) is 0 Å². The number of benzene rings is 1. The van der Waals surface area contributed by atoms with Gasteiger partial charge in [-0.2, -0.15) is 0 Å². The van der Waals surface area contributed by atoms with E-state index in [-0.39, 0.29) is 12.4 Å². The second-order valence-electron chi connectivity index (χ2n) is 4.20. The summed E-state index contributed by atoms with van der Waals surface area (Å²) < 4.78 is 24.4. The van der Waals surface area contributed by atoms with Crippen molar-refractivity contribution < 1.29 is 13.5 Å². The molecule has 1 atom stereocenters. The van der Waals surface area contributed by atoms with Gasteiger partial charge in [-0.05, 0) is 37.6 Å². The highest BCUT2D eigenvalue weighted by Gasteiger charge is 2.16. The molecule has 18 heavy (non-hydrogen) atoms. The highest BCUT2D eigenvalue weighted by Crippen LogP contribution is 2.26. The van der Waals surface area contributed by atoms with E-state index in [2.05, 4.69) is 0 Å². The van der Waals surface area contributed by atoms with E-state index in [4.69, 9.17) is 14.9 Å². The van der Waals surface area contributed by atoms with Crippen LogP contribution in [0.2, 0.25) is 0 Å². The van der Waals surface area contributed by atoms with Crippen molar-refractivity contribution in [1.82, 2.24) is 0 Å². The van der Waals surface area contributed by atoms with Crippen molar-refractivity contribution in [3.63, 3.8) is 0 Å². The molecule has 0 amide bonds. The van der Waals surface area contributed by atoms with Crippen LogP contribution in [-0.2, 0) is 0 Å². The van der Waals surface area contributed by atoms with Gasteiger partial charge in [0.1, 0.15) is 23.1 Å². The Labute approximate surface area is 105 Å². The van der Waals surface area contributed by atoms with Crippen molar-refractivity contribution in [3.05, 3.63) is 53.2 Å². The van der Waals surface area contributed by atoms with E-state index in [1.807, 2.05) is 26.0 Å². The molecular formula is C14H16FNO2. The topological polar surface area (TPSA) is 48.4 Å². The Morgan fingerprint density at radius 2 is 2.06 bits per heavy atom. The quantitative estimate of drug-likeness (QED) is 0.905. The fourth-order valence-corrected chi connectivity index (χ4v) is 1.70. The first-order valence-corrected chi connectivity index (χ1v) is 5.79. The molecular weight excluding hydrogens is 233 g/mol. The van der Waals surface area contributed by atoms with Crippen LogP contribution < -0.4 is 10.5 Å². The largest absolute Gasteiger partial charge is 0.481 e. The van der Waals surface area contributed by atoms with Crippen LogP contribution in [0.25, 0.3) is 0 Å². The summed E-state index contributed by atoms with van der Waals surface area (Å²) in [6, 6.07) is 8.09. The number of nitrogens with two attached hydrogens (primary N) is 1. The lowest BCUT2D eigenvalue weighted by atomic mass is 10.2. The van der Waals surface area contributed by atoms with Crippen LogP contribution in [0.5, 0.6) is 5.75 Å². The molecule has 0 saturated carbocycles. The number of aryl methyl sites for hydroxylation is 2. The average molecular weight is 249 g/mol. The molecule has 1 aromatic heterocycles. The Bertz CT molecular complexity index is 536. The lowest BCUT2D eigenvalue weighted by Crippen LogP contribution is -2.18. The van der Waals surface area contributed by atoms with Gasteiger partial charge in [-0.15, -0.1) is 0 Å². The summed E-state index contributed by atoms with van der Waals surface area (Å²) in [5, 5.41) is 0. The van der Waals surface area contributed by atoms with E-state index in [0.717, 1.165) is 11.3 Å². The lowest BCUT2D eigenvalue weighted by Gasteiger charge is -2.17. The molecule has 2 rings (SSSR count). The molecule has 0 aliphatic heterocycles. The zero-order valence-electron chi connectivity index (χ0n) is 10.4.